The second kappa shape index (κ2) is 6.38. The quantitative estimate of drug-likeness (QED) is 0.292. The number of thiol groups is 2. The number of fused-ring (bicyclic) bond motifs is 1. The third-order valence-corrected chi connectivity index (χ3v) is 6.04. The third kappa shape index (κ3) is 3.30. The first-order valence-corrected chi connectivity index (χ1v) is 8.46. The molecule has 0 spiro atoms. The van der Waals surface area contributed by atoms with E-state index in [1.54, 1.807) is 22.7 Å². The number of aryl methyl sites for hydroxylation is 2. The van der Waals surface area contributed by atoms with Crippen LogP contribution in [-0.2, 0) is 13.1 Å². The number of hydrogen-bond donors (Lipinski definition) is 6. The van der Waals surface area contributed by atoms with Gasteiger partial charge in [-0.25, -0.2) is 0 Å². The van der Waals surface area contributed by atoms with Crippen LogP contribution in [0.3, 0.4) is 0 Å². The van der Waals surface area contributed by atoms with Crippen molar-refractivity contribution in [2.45, 2.75) is 26.9 Å². The van der Waals surface area contributed by atoms with E-state index in [0.29, 0.717) is 13.1 Å². The Kier molecular flexibility index (Phi) is 5.00. The number of amidine groups is 2. The van der Waals surface area contributed by atoms with Crippen molar-refractivity contribution < 1.29 is 0 Å². The molecule has 2 heterocycles. The molecule has 0 saturated carbocycles. The lowest BCUT2D eigenvalue weighted by molar-refractivity contribution is 0.932. The van der Waals surface area contributed by atoms with E-state index in [4.69, 9.17) is 10.8 Å². The maximum absolute atomic E-state index is 7.31. The van der Waals surface area contributed by atoms with Crippen LogP contribution < -0.4 is 10.6 Å². The second-order valence-corrected chi connectivity index (χ2v) is 7.73. The van der Waals surface area contributed by atoms with Crippen molar-refractivity contribution in [2.24, 2.45) is 0 Å². The molecular weight excluding hydrogens is 328 g/mol. The fourth-order valence-electron chi connectivity index (χ4n) is 2.03. The van der Waals surface area contributed by atoms with Crippen LogP contribution in [0.2, 0.25) is 0 Å². The Morgan fingerprint density at radius 3 is 1.65 bits per heavy atom. The number of nitrogens with one attached hydrogen (secondary N) is 4. The van der Waals surface area contributed by atoms with E-state index >= 15 is 0 Å². The summed E-state index contributed by atoms with van der Waals surface area (Å²) in [6.07, 6.45) is 0. The largest absolute Gasteiger partial charge is 0.360 e. The summed E-state index contributed by atoms with van der Waals surface area (Å²) in [5.74, 6) is 0. The zero-order valence-corrected chi connectivity index (χ0v) is 14.5. The monoisotopic (exact) mass is 344 g/mol. The molecule has 0 unspecified atom stereocenters. The Morgan fingerprint density at radius 2 is 1.35 bits per heavy atom. The summed E-state index contributed by atoms with van der Waals surface area (Å²) >= 11 is 11.4. The molecule has 4 nitrogen and oxygen atoms in total. The summed E-state index contributed by atoms with van der Waals surface area (Å²) in [5, 5.41) is 22.2. The first-order chi connectivity index (χ1) is 9.40. The molecule has 4 N–H and O–H groups in total. The lowest BCUT2D eigenvalue weighted by Gasteiger charge is -2.04. The van der Waals surface area contributed by atoms with Crippen molar-refractivity contribution in [3.8, 4) is 0 Å². The maximum Gasteiger partial charge on any atom is 0.150 e. The van der Waals surface area contributed by atoms with E-state index in [-0.39, 0.29) is 10.3 Å². The van der Waals surface area contributed by atoms with Crippen LogP contribution in [0.4, 0.5) is 0 Å². The van der Waals surface area contributed by atoms with Crippen molar-refractivity contribution in [1.82, 2.24) is 10.6 Å². The Morgan fingerprint density at radius 1 is 0.950 bits per heavy atom. The summed E-state index contributed by atoms with van der Waals surface area (Å²) in [6, 6.07) is 0. The Bertz CT molecular complexity index is 617. The fraction of sp³-hybridized carbons (Fsp3) is 0.333. The van der Waals surface area contributed by atoms with Crippen LogP contribution >= 0.6 is 47.9 Å². The Labute approximate surface area is 136 Å². The summed E-state index contributed by atoms with van der Waals surface area (Å²) in [6.45, 7) is 5.54. The maximum atomic E-state index is 7.31. The molecule has 2 aromatic rings. The highest BCUT2D eigenvalue weighted by atomic mass is 32.2. The van der Waals surface area contributed by atoms with Gasteiger partial charge in [-0.05, 0) is 25.0 Å². The lowest BCUT2D eigenvalue weighted by atomic mass is 10.1. The highest BCUT2D eigenvalue weighted by molar-refractivity contribution is 7.96. The third-order valence-electron chi connectivity index (χ3n) is 3.06. The number of thiophene rings is 2. The molecule has 0 aromatic carbocycles. The molecule has 0 amide bonds. The van der Waals surface area contributed by atoms with Crippen LogP contribution in [0.1, 0.15) is 20.9 Å². The van der Waals surface area contributed by atoms with E-state index in [1.165, 1.54) is 30.3 Å². The second-order valence-electron chi connectivity index (χ2n) is 4.37. The molecular formula is C12H16N4S4. The van der Waals surface area contributed by atoms with Gasteiger partial charge in [-0.3, -0.25) is 10.8 Å². The van der Waals surface area contributed by atoms with Crippen molar-refractivity contribution in [2.75, 3.05) is 0 Å². The zero-order valence-electron chi connectivity index (χ0n) is 11.1. The van der Waals surface area contributed by atoms with Gasteiger partial charge in [0.1, 0.15) is 0 Å². The molecule has 0 bridgehead atoms. The fourth-order valence-corrected chi connectivity index (χ4v) is 5.02. The predicted molar refractivity (Wildman–Crippen MR) is 96.3 cm³/mol. The zero-order chi connectivity index (χ0) is 14.9. The lowest BCUT2D eigenvalue weighted by Crippen LogP contribution is -2.16. The topological polar surface area (TPSA) is 71.8 Å². The van der Waals surface area contributed by atoms with Crippen molar-refractivity contribution in [3.05, 3.63) is 20.9 Å². The highest BCUT2D eigenvalue weighted by Gasteiger charge is 2.16. The Balaban J connectivity index is 2.28. The molecule has 20 heavy (non-hydrogen) atoms. The van der Waals surface area contributed by atoms with E-state index in [1.807, 2.05) is 0 Å². The summed E-state index contributed by atoms with van der Waals surface area (Å²) in [5.41, 5.74) is 2.54. The summed E-state index contributed by atoms with van der Waals surface area (Å²) in [4.78, 5) is 2.49. The van der Waals surface area contributed by atoms with Gasteiger partial charge in [0.25, 0.3) is 0 Å². The van der Waals surface area contributed by atoms with Gasteiger partial charge < -0.3 is 10.6 Å². The van der Waals surface area contributed by atoms with Gasteiger partial charge in [0, 0.05) is 15.1 Å². The van der Waals surface area contributed by atoms with Crippen molar-refractivity contribution in [3.63, 3.8) is 0 Å². The average molecular weight is 345 g/mol. The van der Waals surface area contributed by atoms with E-state index in [9.17, 15) is 0 Å². The van der Waals surface area contributed by atoms with Crippen LogP contribution in [0.25, 0.3) is 9.40 Å². The van der Waals surface area contributed by atoms with E-state index < -0.39 is 0 Å². The van der Waals surface area contributed by atoms with Gasteiger partial charge in [0.2, 0.25) is 0 Å². The average Bonchev–Trinajstić information content (AvgIpc) is 2.83. The molecule has 0 atom stereocenters. The highest BCUT2D eigenvalue weighted by Crippen LogP contribution is 2.40. The van der Waals surface area contributed by atoms with Gasteiger partial charge in [-0.15, -0.1) is 47.9 Å². The van der Waals surface area contributed by atoms with Gasteiger partial charge in [0.05, 0.1) is 17.1 Å². The van der Waals surface area contributed by atoms with Gasteiger partial charge >= 0.3 is 0 Å². The first-order valence-electron chi connectivity index (χ1n) is 5.93. The molecule has 8 heteroatoms. The summed E-state index contributed by atoms with van der Waals surface area (Å²) in [7, 11) is 0. The molecule has 0 radical (unpaired) electrons. The van der Waals surface area contributed by atoms with Crippen molar-refractivity contribution >= 4 is 67.7 Å². The van der Waals surface area contributed by atoms with Gasteiger partial charge in [-0.2, -0.15) is 0 Å². The number of rotatable bonds is 4. The minimum atomic E-state index is 0.190. The molecule has 0 saturated heterocycles. The SMILES string of the molecule is Cc1c(CNC(=N)S)sc2sc(CNC(=N)S)c(C)c12. The number of hydrogen-bond acceptors (Lipinski definition) is 4. The standard InChI is InChI=1S/C12H16N4S4/c1-5-7(3-15-11(13)17)19-10-9(5)6(2)8(20-10)4-16-12(14)18/h3-4H2,1-2H3,(H3,13,15,17)(H3,14,16,18). The minimum Gasteiger partial charge on any atom is -0.360 e. The van der Waals surface area contributed by atoms with E-state index in [2.05, 4.69) is 49.7 Å². The molecule has 2 aromatic heterocycles. The Hall–Kier alpha value is -0.700. The van der Waals surface area contributed by atoms with E-state index in [0.717, 1.165) is 0 Å². The van der Waals surface area contributed by atoms with Crippen LogP contribution in [0, 0.1) is 24.7 Å². The van der Waals surface area contributed by atoms with Crippen LogP contribution in [0.15, 0.2) is 0 Å². The van der Waals surface area contributed by atoms with Gasteiger partial charge in [-0.1, -0.05) is 0 Å². The molecule has 0 aliphatic rings. The molecule has 0 aliphatic heterocycles. The van der Waals surface area contributed by atoms with Crippen LogP contribution in [0.5, 0.6) is 0 Å². The first kappa shape index (κ1) is 15.7. The summed E-state index contributed by atoms with van der Waals surface area (Å²) < 4.78 is 1.30. The molecule has 0 aliphatic carbocycles. The smallest absolute Gasteiger partial charge is 0.150 e. The molecule has 2 rings (SSSR count). The molecule has 108 valence electrons. The normalized spacial score (nSPS) is 10.8. The minimum absolute atomic E-state index is 0.190. The van der Waals surface area contributed by atoms with Gasteiger partial charge in [0.15, 0.2) is 10.3 Å². The van der Waals surface area contributed by atoms with Crippen LogP contribution in [-0.4, -0.2) is 10.3 Å². The van der Waals surface area contributed by atoms with Crippen molar-refractivity contribution in [1.29, 1.82) is 10.8 Å². The predicted octanol–water partition coefficient (Wildman–Crippen LogP) is 3.49. The molecule has 0 fully saturated rings.